The van der Waals surface area contributed by atoms with Gasteiger partial charge in [0.2, 0.25) is 27.7 Å². The van der Waals surface area contributed by atoms with Crippen LogP contribution in [0.1, 0.15) is 18.9 Å². The summed E-state index contributed by atoms with van der Waals surface area (Å²) in [6, 6.07) is 11.2. The number of benzene rings is 2. The van der Waals surface area contributed by atoms with Gasteiger partial charge >= 0.3 is 0 Å². The molecule has 38 heavy (non-hydrogen) atoms. The van der Waals surface area contributed by atoms with Crippen LogP contribution < -0.4 is 20.3 Å². The van der Waals surface area contributed by atoms with Gasteiger partial charge in [-0.3, -0.25) is 19.6 Å². The third-order valence-electron chi connectivity index (χ3n) is 6.35. The molecule has 1 aliphatic heterocycles. The standard InChI is InChI=1S/C25H32N4O8S/c1-17-25(32)26-15-19(14-23(30)27-33)29(17)24(31)16-28(13-12-18-4-6-20(36-2)7-5-18)38(34,35)22-10-8-21(37-3)9-11-22/h4-11,17,19,33H,12-16H2,1-3H3,(H,26,32)(H,27,30). The number of hydrogen-bond donors (Lipinski definition) is 3. The Bertz CT molecular complexity index is 1240. The Hall–Kier alpha value is -3.68. The smallest absolute Gasteiger partial charge is 0.245 e. The van der Waals surface area contributed by atoms with Crippen LogP contribution in [-0.2, 0) is 30.8 Å². The van der Waals surface area contributed by atoms with E-state index in [1.54, 1.807) is 31.4 Å². The highest BCUT2D eigenvalue weighted by Crippen LogP contribution is 2.22. The monoisotopic (exact) mass is 548 g/mol. The van der Waals surface area contributed by atoms with Crippen molar-refractivity contribution in [3.05, 3.63) is 54.1 Å². The molecule has 13 heteroatoms. The fraction of sp³-hybridized carbons (Fsp3) is 0.400. The van der Waals surface area contributed by atoms with Crippen LogP contribution in [0.2, 0.25) is 0 Å². The molecule has 0 spiro atoms. The van der Waals surface area contributed by atoms with E-state index in [1.165, 1.54) is 48.7 Å². The number of ether oxygens (including phenoxy) is 2. The summed E-state index contributed by atoms with van der Waals surface area (Å²) in [5, 5.41) is 11.6. The van der Waals surface area contributed by atoms with Crippen molar-refractivity contribution in [2.45, 2.75) is 36.7 Å². The number of carbonyl (C=O) groups excluding carboxylic acids is 3. The minimum atomic E-state index is -4.13. The van der Waals surface area contributed by atoms with E-state index < -0.39 is 46.4 Å². The van der Waals surface area contributed by atoms with Gasteiger partial charge in [0.15, 0.2) is 0 Å². The van der Waals surface area contributed by atoms with Crippen LogP contribution in [-0.4, -0.2) is 86.5 Å². The molecule has 2 unspecified atom stereocenters. The average molecular weight is 549 g/mol. The number of rotatable bonds is 11. The molecule has 2 aromatic rings. The van der Waals surface area contributed by atoms with Crippen LogP contribution in [0.4, 0.5) is 0 Å². The van der Waals surface area contributed by atoms with E-state index in [9.17, 15) is 22.8 Å². The van der Waals surface area contributed by atoms with Crippen LogP contribution in [0.3, 0.4) is 0 Å². The maximum atomic E-state index is 13.6. The van der Waals surface area contributed by atoms with Crippen LogP contribution in [0.5, 0.6) is 11.5 Å². The van der Waals surface area contributed by atoms with E-state index in [0.717, 1.165) is 9.87 Å². The van der Waals surface area contributed by atoms with Gasteiger partial charge in [-0.2, -0.15) is 4.31 Å². The predicted molar refractivity (Wildman–Crippen MR) is 136 cm³/mol. The number of amides is 3. The summed E-state index contributed by atoms with van der Waals surface area (Å²) in [5.41, 5.74) is 2.36. The van der Waals surface area contributed by atoms with Gasteiger partial charge in [-0.05, 0) is 55.3 Å². The van der Waals surface area contributed by atoms with Gasteiger partial charge in [-0.15, -0.1) is 0 Å². The normalized spacial score (nSPS) is 17.6. The molecule has 3 amide bonds. The van der Waals surface area contributed by atoms with E-state index in [-0.39, 0.29) is 24.4 Å². The van der Waals surface area contributed by atoms with E-state index in [1.807, 2.05) is 0 Å². The quantitative estimate of drug-likeness (QED) is 0.272. The van der Waals surface area contributed by atoms with Gasteiger partial charge in [-0.25, -0.2) is 13.9 Å². The number of nitrogens with zero attached hydrogens (tertiary/aromatic N) is 2. The van der Waals surface area contributed by atoms with Crippen molar-refractivity contribution >= 4 is 27.7 Å². The molecule has 0 bridgehead atoms. The maximum absolute atomic E-state index is 13.6. The zero-order valence-electron chi connectivity index (χ0n) is 21.4. The number of piperazine rings is 1. The second-order valence-electron chi connectivity index (χ2n) is 8.73. The Morgan fingerprint density at radius 3 is 2.21 bits per heavy atom. The van der Waals surface area contributed by atoms with E-state index in [4.69, 9.17) is 14.7 Å². The molecule has 1 heterocycles. The highest BCUT2D eigenvalue weighted by Gasteiger charge is 2.39. The van der Waals surface area contributed by atoms with Crippen molar-refractivity contribution in [2.75, 3.05) is 33.9 Å². The fourth-order valence-electron chi connectivity index (χ4n) is 4.22. The van der Waals surface area contributed by atoms with E-state index in [0.29, 0.717) is 17.9 Å². The Labute approximate surface area is 221 Å². The molecule has 0 radical (unpaired) electrons. The number of methoxy groups -OCH3 is 2. The number of sulfonamides is 1. The van der Waals surface area contributed by atoms with Crippen molar-refractivity contribution in [1.82, 2.24) is 20.0 Å². The molecule has 0 saturated carbocycles. The molecule has 12 nitrogen and oxygen atoms in total. The number of nitrogens with one attached hydrogen (secondary N) is 2. The minimum Gasteiger partial charge on any atom is -0.497 e. The summed E-state index contributed by atoms with van der Waals surface area (Å²) in [6.45, 7) is 0.900. The fourth-order valence-corrected chi connectivity index (χ4v) is 5.61. The molecule has 0 aromatic heterocycles. The number of carbonyl (C=O) groups is 3. The summed E-state index contributed by atoms with van der Waals surface area (Å²) in [6.07, 6.45) is 0.0307. The van der Waals surface area contributed by atoms with Crippen LogP contribution in [0.15, 0.2) is 53.4 Å². The number of hydroxylamine groups is 1. The van der Waals surface area contributed by atoms with Crippen molar-refractivity contribution in [3.8, 4) is 11.5 Å². The largest absolute Gasteiger partial charge is 0.497 e. The average Bonchev–Trinajstić information content (AvgIpc) is 2.93. The zero-order chi connectivity index (χ0) is 27.9. The molecule has 3 rings (SSSR count). The molecule has 2 atom stereocenters. The molecular formula is C25H32N4O8S. The minimum absolute atomic E-state index is 0.0145. The third-order valence-corrected chi connectivity index (χ3v) is 8.21. The lowest BCUT2D eigenvalue weighted by atomic mass is 10.0. The van der Waals surface area contributed by atoms with Gasteiger partial charge in [0.1, 0.15) is 17.5 Å². The van der Waals surface area contributed by atoms with Crippen molar-refractivity contribution < 1.29 is 37.5 Å². The summed E-state index contributed by atoms with van der Waals surface area (Å²) >= 11 is 0. The summed E-state index contributed by atoms with van der Waals surface area (Å²) in [7, 11) is -1.12. The third kappa shape index (κ3) is 6.79. The first-order valence-electron chi connectivity index (χ1n) is 11.9. The molecule has 0 aliphatic carbocycles. The van der Waals surface area contributed by atoms with E-state index >= 15 is 0 Å². The maximum Gasteiger partial charge on any atom is 0.245 e. The van der Waals surface area contributed by atoms with Crippen LogP contribution in [0.25, 0.3) is 0 Å². The first-order chi connectivity index (χ1) is 18.1. The Balaban J connectivity index is 1.90. The Morgan fingerprint density at radius 1 is 1.08 bits per heavy atom. The zero-order valence-corrected chi connectivity index (χ0v) is 22.2. The van der Waals surface area contributed by atoms with Crippen LogP contribution >= 0.6 is 0 Å². The van der Waals surface area contributed by atoms with Gasteiger partial charge < -0.3 is 19.7 Å². The Morgan fingerprint density at radius 2 is 1.66 bits per heavy atom. The highest BCUT2D eigenvalue weighted by molar-refractivity contribution is 7.89. The van der Waals surface area contributed by atoms with Crippen molar-refractivity contribution in [3.63, 3.8) is 0 Å². The second-order valence-corrected chi connectivity index (χ2v) is 10.7. The summed E-state index contributed by atoms with van der Waals surface area (Å²) < 4.78 is 38.6. The topological polar surface area (TPSA) is 155 Å². The van der Waals surface area contributed by atoms with Gasteiger partial charge in [0, 0.05) is 13.1 Å². The molecule has 1 aliphatic rings. The van der Waals surface area contributed by atoms with E-state index in [2.05, 4.69) is 5.32 Å². The van der Waals surface area contributed by atoms with Crippen molar-refractivity contribution in [2.24, 2.45) is 0 Å². The molecule has 206 valence electrons. The SMILES string of the molecule is COc1ccc(CCN(CC(=O)N2C(CC(=O)NO)CNC(=O)C2C)S(=O)(=O)c2ccc(OC)cc2)cc1. The first kappa shape index (κ1) is 28.9. The summed E-state index contributed by atoms with van der Waals surface area (Å²) in [4.78, 5) is 38.9. The number of hydrogen-bond acceptors (Lipinski definition) is 8. The molecule has 3 N–H and O–H groups in total. The summed E-state index contributed by atoms with van der Waals surface area (Å²) in [5.74, 6) is -0.681. The van der Waals surface area contributed by atoms with Crippen molar-refractivity contribution in [1.29, 1.82) is 0 Å². The molecule has 1 saturated heterocycles. The van der Waals surface area contributed by atoms with Gasteiger partial charge in [0.25, 0.3) is 0 Å². The van der Waals surface area contributed by atoms with Gasteiger partial charge in [0.05, 0.1) is 38.1 Å². The van der Waals surface area contributed by atoms with Crippen LogP contribution in [0, 0.1) is 0 Å². The second kappa shape index (κ2) is 12.7. The lowest BCUT2D eigenvalue weighted by Gasteiger charge is -2.40. The highest BCUT2D eigenvalue weighted by atomic mass is 32.2. The lowest BCUT2D eigenvalue weighted by Crippen LogP contribution is -2.63. The first-order valence-corrected chi connectivity index (χ1v) is 13.3. The molecule has 2 aromatic carbocycles. The lowest BCUT2D eigenvalue weighted by molar-refractivity contribution is -0.148. The molecular weight excluding hydrogens is 516 g/mol. The molecule has 1 fully saturated rings. The Kier molecular flexibility index (Phi) is 9.66. The predicted octanol–water partition coefficient (Wildman–Crippen LogP) is 0.548. The van der Waals surface area contributed by atoms with Gasteiger partial charge in [-0.1, -0.05) is 12.1 Å².